The van der Waals surface area contributed by atoms with Crippen LogP contribution in [0, 0.1) is 17.0 Å². The smallest absolute Gasteiger partial charge is 0.274 e. The summed E-state index contributed by atoms with van der Waals surface area (Å²) in [5.41, 5.74) is 1.69. The SMILES string of the molecule is Cc1ccc(NC(=O)CSc2nnc(COc3ccccc3)n2-c2ccccc2)cc1[N+](=O)[O-]. The van der Waals surface area contributed by atoms with Crippen molar-refractivity contribution in [3.8, 4) is 11.4 Å². The van der Waals surface area contributed by atoms with Gasteiger partial charge in [-0.25, -0.2) is 0 Å². The van der Waals surface area contributed by atoms with E-state index in [1.807, 2.05) is 65.2 Å². The van der Waals surface area contributed by atoms with Crippen LogP contribution in [0.25, 0.3) is 5.69 Å². The molecule has 0 spiro atoms. The fourth-order valence-electron chi connectivity index (χ4n) is 3.20. The summed E-state index contributed by atoms with van der Waals surface area (Å²) in [5, 5.41) is 22.9. The number of amides is 1. The third kappa shape index (κ3) is 5.59. The first-order valence-corrected chi connectivity index (χ1v) is 11.3. The lowest BCUT2D eigenvalue weighted by molar-refractivity contribution is -0.385. The van der Waals surface area contributed by atoms with E-state index < -0.39 is 4.92 Å². The van der Waals surface area contributed by atoms with Gasteiger partial charge < -0.3 is 10.1 Å². The van der Waals surface area contributed by atoms with Crippen LogP contribution in [0.3, 0.4) is 0 Å². The zero-order chi connectivity index (χ0) is 23.9. The number of hydrogen-bond acceptors (Lipinski definition) is 7. The molecule has 3 aromatic carbocycles. The first-order chi connectivity index (χ1) is 16.5. The fraction of sp³-hybridized carbons (Fsp3) is 0.125. The van der Waals surface area contributed by atoms with Gasteiger partial charge in [-0.05, 0) is 37.3 Å². The number of nitrogens with one attached hydrogen (secondary N) is 1. The average Bonchev–Trinajstić information content (AvgIpc) is 3.26. The normalized spacial score (nSPS) is 10.6. The van der Waals surface area contributed by atoms with Crippen LogP contribution in [-0.2, 0) is 11.4 Å². The number of rotatable bonds is 9. The number of nitro groups is 1. The number of carbonyl (C=O) groups excluding carboxylic acids is 1. The molecule has 0 atom stereocenters. The van der Waals surface area contributed by atoms with Gasteiger partial charge in [0.1, 0.15) is 12.4 Å². The Morgan fingerprint density at radius 2 is 1.76 bits per heavy atom. The Kier molecular flexibility index (Phi) is 7.19. The lowest BCUT2D eigenvalue weighted by Crippen LogP contribution is -2.15. The number of nitrogens with zero attached hydrogens (tertiary/aromatic N) is 4. The topological polar surface area (TPSA) is 112 Å². The van der Waals surface area contributed by atoms with Crippen LogP contribution in [0.15, 0.2) is 84.0 Å². The Morgan fingerprint density at radius 3 is 2.47 bits per heavy atom. The Balaban J connectivity index is 1.48. The molecule has 34 heavy (non-hydrogen) atoms. The van der Waals surface area contributed by atoms with E-state index in [1.54, 1.807) is 19.1 Å². The first kappa shape index (κ1) is 23.0. The standard InChI is InChI=1S/C24H21N5O4S/c1-17-12-13-18(14-21(17)29(31)32)25-23(30)16-34-24-27-26-22(15-33-20-10-6-3-7-11-20)28(24)19-8-4-2-5-9-19/h2-14H,15-16H2,1H3,(H,25,30). The Hall–Kier alpha value is -4.18. The highest BCUT2D eigenvalue weighted by Crippen LogP contribution is 2.25. The Bertz CT molecular complexity index is 1300. The van der Waals surface area contributed by atoms with Crippen LogP contribution < -0.4 is 10.1 Å². The molecule has 0 aliphatic rings. The quantitative estimate of drug-likeness (QED) is 0.210. The van der Waals surface area contributed by atoms with Crippen molar-refractivity contribution >= 4 is 29.0 Å². The lowest BCUT2D eigenvalue weighted by atomic mass is 10.2. The largest absolute Gasteiger partial charge is 0.486 e. The van der Waals surface area contributed by atoms with Gasteiger partial charge in [0.15, 0.2) is 11.0 Å². The number of ether oxygens (including phenoxy) is 1. The second-order valence-corrected chi connectivity index (χ2v) is 8.21. The minimum absolute atomic E-state index is 0.0441. The number of aryl methyl sites for hydroxylation is 1. The van der Waals surface area contributed by atoms with Crippen molar-refractivity contribution in [2.24, 2.45) is 0 Å². The predicted molar refractivity (Wildman–Crippen MR) is 129 cm³/mol. The number of carbonyl (C=O) groups is 1. The summed E-state index contributed by atoms with van der Waals surface area (Å²) in [4.78, 5) is 23.2. The molecule has 0 aliphatic heterocycles. The summed E-state index contributed by atoms with van der Waals surface area (Å²) >= 11 is 1.21. The van der Waals surface area contributed by atoms with Gasteiger partial charge in [0.05, 0.1) is 10.7 Å². The number of thioether (sulfide) groups is 1. The molecule has 0 saturated carbocycles. The van der Waals surface area contributed by atoms with Gasteiger partial charge in [-0.2, -0.15) is 0 Å². The summed E-state index contributed by atoms with van der Waals surface area (Å²) < 4.78 is 7.69. The number of nitro benzene ring substituents is 1. The van der Waals surface area contributed by atoms with Crippen molar-refractivity contribution in [3.63, 3.8) is 0 Å². The molecular weight excluding hydrogens is 454 g/mol. The van der Waals surface area contributed by atoms with Crippen LogP contribution in [-0.4, -0.2) is 31.3 Å². The van der Waals surface area contributed by atoms with Gasteiger partial charge in [-0.15, -0.1) is 10.2 Å². The van der Waals surface area contributed by atoms with Gasteiger partial charge in [0.25, 0.3) is 5.69 Å². The maximum atomic E-state index is 12.5. The van der Waals surface area contributed by atoms with Crippen molar-refractivity contribution < 1.29 is 14.5 Å². The van der Waals surface area contributed by atoms with Gasteiger partial charge in [0.2, 0.25) is 5.91 Å². The number of para-hydroxylation sites is 2. The molecule has 0 unspecified atom stereocenters. The molecule has 0 aliphatic carbocycles. The van der Waals surface area contributed by atoms with Crippen LogP contribution in [0.2, 0.25) is 0 Å². The van der Waals surface area contributed by atoms with Gasteiger partial charge in [-0.3, -0.25) is 19.5 Å². The van der Waals surface area contributed by atoms with E-state index in [1.165, 1.54) is 17.8 Å². The fourth-order valence-corrected chi connectivity index (χ4v) is 3.97. The molecule has 1 heterocycles. The van der Waals surface area contributed by atoms with Crippen LogP contribution in [0.5, 0.6) is 5.75 Å². The van der Waals surface area contributed by atoms with E-state index in [-0.39, 0.29) is 24.0 Å². The van der Waals surface area contributed by atoms with E-state index in [0.717, 1.165) is 5.69 Å². The highest BCUT2D eigenvalue weighted by Gasteiger charge is 2.17. The van der Waals surface area contributed by atoms with Gasteiger partial charge in [-0.1, -0.05) is 54.2 Å². The molecule has 10 heteroatoms. The summed E-state index contributed by atoms with van der Waals surface area (Å²) in [7, 11) is 0. The molecule has 0 fully saturated rings. The zero-order valence-corrected chi connectivity index (χ0v) is 19.1. The molecule has 0 radical (unpaired) electrons. The molecule has 0 bridgehead atoms. The zero-order valence-electron chi connectivity index (χ0n) is 18.2. The molecule has 4 rings (SSSR count). The molecule has 0 saturated heterocycles. The molecule has 4 aromatic rings. The second kappa shape index (κ2) is 10.6. The number of benzene rings is 3. The molecule has 9 nitrogen and oxygen atoms in total. The summed E-state index contributed by atoms with van der Waals surface area (Å²) in [6.07, 6.45) is 0. The Morgan fingerprint density at radius 1 is 1.06 bits per heavy atom. The van der Waals surface area contributed by atoms with Crippen molar-refractivity contribution in [1.82, 2.24) is 14.8 Å². The molecular formula is C24H21N5O4S. The second-order valence-electron chi connectivity index (χ2n) is 7.27. The van der Waals surface area contributed by atoms with E-state index in [9.17, 15) is 14.9 Å². The molecule has 1 amide bonds. The summed E-state index contributed by atoms with van der Waals surface area (Å²) in [6, 6.07) is 23.6. The van der Waals surface area contributed by atoms with Crippen molar-refractivity contribution in [2.45, 2.75) is 18.7 Å². The average molecular weight is 476 g/mol. The molecule has 1 N–H and O–H groups in total. The maximum Gasteiger partial charge on any atom is 0.274 e. The summed E-state index contributed by atoms with van der Waals surface area (Å²) in [6.45, 7) is 1.85. The van der Waals surface area contributed by atoms with E-state index in [4.69, 9.17) is 4.74 Å². The maximum absolute atomic E-state index is 12.5. The van der Waals surface area contributed by atoms with Crippen LogP contribution in [0.1, 0.15) is 11.4 Å². The Labute approximate surface area is 199 Å². The molecule has 1 aromatic heterocycles. The third-order valence-electron chi connectivity index (χ3n) is 4.85. The van der Waals surface area contributed by atoms with Crippen molar-refractivity contribution in [2.75, 3.05) is 11.1 Å². The van der Waals surface area contributed by atoms with Crippen LogP contribution in [0.4, 0.5) is 11.4 Å². The van der Waals surface area contributed by atoms with Crippen molar-refractivity contribution in [3.05, 3.63) is 100 Å². The highest BCUT2D eigenvalue weighted by molar-refractivity contribution is 7.99. The predicted octanol–water partition coefficient (Wildman–Crippen LogP) is 4.79. The third-order valence-corrected chi connectivity index (χ3v) is 5.78. The minimum Gasteiger partial charge on any atom is -0.486 e. The monoisotopic (exact) mass is 475 g/mol. The number of hydrogen-bond donors (Lipinski definition) is 1. The van der Waals surface area contributed by atoms with Gasteiger partial charge >= 0.3 is 0 Å². The van der Waals surface area contributed by atoms with E-state index in [0.29, 0.717) is 28.0 Å². The van der Waals surface area contributed by atoms with E-state index >= 15 is 0 Å². The van der Waals surface area contributed by atoms with Crippen molar-refractivity contribution in [1.29, 1.82) is 0 Å². The molecule has 172 valence electrons. The summed E-state index contributed by atoms with van der Waals surface area (Å²) in [5.74, 6) is 1.04. The number of aromatic nitrogens is 3. The lowest BCUT2D eigenvalue weighted by Gasteiger charge is -2.11. The highest BCUT2D eigenvalue weighted by atomic mass is 32.2. The number of anilines is 1. The van der Waals surface area contributed by atoms with Crippen LogP contribution >= 0.6 is 11.8 Å². The van der Waals surface area contributed by atoms with Gasteiger partial charge in [0, 0.05) is 23.0 Å². The first-order valence-electron chi connectivity index (χ1n) is 10.4. The van der Waals surface area contributed by atoms with E-state index in [2.05, 4.69) is 15.5 Å². The minimum atomic E-state index is -0.471.